The fourth-order valence-electron chi connectivity index (χ4n) is 3.54. The number of hydrogen-bond acceptors (Lipinski definition) is 4. The number of nitrogens with one attached hydrogen (secondary N) is 2. The van der Waals surface area contributed by atoms with E-state index in [1.807, 2.05) is 0 Å². The molecule has 0 aromatic rings. The van der Waals surface area contributed by atoms with Crippen LogP contribution in [0.3, 0.4) is 0 Å². The number of sulfonamides is 1. The van der Waals surface area contributed by atoms with Gasteiger partial charge in [-0.2, -0.15) is 0 Å². The summed E-state index contributed by atoms with van der Waals surface area (Å²) in [6.07, 6.45) is 10.3. The maximum absolute atomic E-state index is 12.2. The largest absolute Gasteiger partial charge is 0.355 e. The van der Waals surface area contributed by atoms with Gasteiger partial charge in [0.1, 0.15) is 0 Å². The summed E-state index contributed by atoms with van der Waals surface area (Å²) < 4.78 is 24.4. The third kappa shape index (κ3) is 6.39. The Balaban J connectivity index is 1.60. The van der Waals surface area contributed by atoms with Crippen LogP contribution in [0.25, 0.3) is 0 Å². The van der Waals surface area contributed by atoms with Crippen molar-refractivity contribution < 1.29 is 13.2 Å². The van der Waals surface area contributed by atoms with E-state index in [1.54, 1.807) is 0 Å². The third-order valence-electron chi connectivity index (χ3n) is 5.01. The van der Waals surface area contributed by atoms with Crippen LogP contribution in [0.15, 0.2) is 0 Å². The molecular weight excluding hydrogens is 314 g/mol. The molecule has 1 aliphatic carbocycles. The second kappa shape index (κ2) is 8.99. The molecule has 0 spiro atoms. The molecule has 0 unspecified atom stereocenters. The number of amides is 1. The van der Waals surface area contributed by atoms with Crippen LogP contribution in [-0.4, -0.2) is 57.1 Å². The average molecular weight is 346 g/mol. The minimum Gasteiger partial charge on any atom is -0.355 e. The quantitative estimate of drug-likeness (QED) is 0.558. The van der Waals surface area contributed by atoms with Crippen LogP contribution in [0.1, 0.15) is 51.4 Å². The zero-order valence-corrected chi connectivity index (χ0v) is 15.0. The van der Waals surface area contributed by atoms with E-state index in [0.29, 0.717) is 38.5 Å². The summed E-state index contributed by atoms with van der Waals surface area (Å²) in [6.45, 7) is 2.38. The Kier molecular flexibility index (Phi) is 7.30. The molecule has 2 fully saturated rings. The Morgan fingerprint density at radius 2 is 1.61 bits per heavy atom. The number of rotatable bonds is 6. The van der Waals surface area contributed by atoms with Crippen LogP contribution in [0.2, 0.25) is 0 Å². The van der Waals surface area contributed by atoms with Crippen LogP contribution in [0.5, 0.6) is 0 Å². The lowest BCUT2D eigenvalue weighted by molar-refractivity contribution is -0.126. The molecule has 2 N–H and O–H groups in total. The predicted octanol–water partition coefficient (Wildman–Crippen LogP) is 1.09. The predicted molar refractivity (Wildman–Crippen MR) is 91.6 cm³/mol. The second-order valence-corrected chi connectivity index (χ2v) is 8.85. The van der Waals surface area contributed by atoms with Gasteiger partial charge in [0.05, 0.1) is 6.26 Å². The minimum absolute atomic E-state index is 0.0501. The Morgan fingerprint density at radius 1 is 1.00 bits per heavy atom. The van der Waals surface area contributed by atoms with E-state index < -0.39 is 10.0 Å². The van der Waals surface area contributed by atoms with E-state index in [1.165, 1.54) is 49.1 Å². The zero-order chi connectivity index (χ0) is 16.7. The van der Waals surface area contributed by atoms with Gasteiger partial charge in [0, 0.05) is 38.1 Å². The Morgan fingerprint density at radius 3 is 2.17 bits per heavy atom. The third-order valence-corrected chi connectivity index (χ3v) is 6.31. The smallest absolute Gasteiger partial charge is 0.223 e. The first-order valence-electron chi connectivity index (χ1n) is 8.93. The molecule has 1 heterocycles. The summed E-state index contributed by atoms with van der Waals surface area (Å²) >= 11 is 0. The maximum Gasteiger partial charge on any atom is 0.223 e. The highest BCUT2D eigenvalue weighted by Gasteiger charge is 2.28. The van der Waals surface area contributed by atoms with E-state index in [4.69, 9.17) is 0 Å². The molecule has 134 valence electrons. The van der Waals surface area contributed by atoms with Crippen molar-refractivity contribution in [2.75, 3.05) is 32.4 Å². The second-order valence-electron chi connectivity index (χ2n) is 6.87. The van der Waals surface area contributed by atoms with Gasteiger partial charge in [0.25, 0.3) is 0 Å². The highest BCUT2D eigenvalue weighted by Crippen LogP contribution is 2.19. The van der Waals surface area contributed by atoms with Crippen molar-refractivity contribution in [2.24, 2.45) is 5.92 Å². The standard InChI is InChI=1S/C16H31N3O3S/c1-23(21,22)19-12-8-14(9-13-19)16(20)18-11-10-17-15-6-4-2-3-5-7-15/h14-15,17H,2-13H2,1H3,(H,18,20). The molecule has 2 rings (SSSR count). The van der Waals surface area contributed by atoms with Crippen LogP contribution < -0.4 is 10.6 Å². The van der Waals surface area contributed by atoms with E-state index in [-0.39, 0.29) is 11.8 Å². The van der Waals surface area contributed by atoms with Crippen molar-refractivity contribution in [3.8, 4) is 0 Å². The molecule has 1 amide bonds. The summed E-state index contributed by atoms with van der Waals surface area (Å²) in [5.41, 5.74) is 0. The fraction of sp³-hybridized carbons (Fsp3) is 0.938. The normalized spacial score (nSPS) is 22.7. The molecule has 2 aliphatic rings. The molecule has 1 saturated carbocycles. The van der Waals surface area contributed by atoms with Crippen molar-refractivity contribution in [3.05, 3.63) is 0 Å². The molecule has 7 heteroatoms. The van der Waals surface area contributed by atoms with Crippen molar-refractivity contribution in [1.29, 1.82) is 0 Å². The van der Waals surface area contributed by atoms with Gasteiger partial charge in [-0.3, -0.25) is 4.79 Å². The number of carbonyl (C=O) groups excluding carboxylic acids is 1. The lowest BCUT2D eigenvalue weighted by Gasteiger charge is -2.29. The highest BCUT2D eigenvalue weighted by molar-refractivity contribution is 7.88. The monoisotopic (exact) mass is 345 g/mol. The summed E-state index contributed by atoms with van der Waals surface area (Å²) in [7, 11) is -3.12. The van der Waals surface area contributed by atoms with Gasteiger partial charge in [-0.15, -0.1) is 0 Å². The van der Waals surface area contributed by atoms with Crippen LogP contribution in [-0.2, 0) is 14.8 Å². The van der Waals surface area contributed by atoms with E-state index in [0.717, 1.165) is 6.54 Å². The summed E-state index contributed by atoms with van der Waals surface area (Å²) in [4.78, 5) is 12.2. The van der Waals surface area contributed by atoms with Crippen molar-refractivity contribution >= 4 is 15.9 Å². The number of carbonyl (C=O) groups is 1. The first-order chi connectivity index (χ1) is 11.0. The van der Waals surface area contributed by atoms with Crippen LogP contribution in [0, 0.1) is 5.92 Å². The lowest BCUT2D eigenvalue weighted by Crippen LogP contribution is -2.44. The van der Waals surface area contributed by atoms with Gasteiger partial charge in [0.2, 0.25) is 15.9 Å². The lowest BCUT2D eigenvalue weighted by atomic mass is 9.97. The summed E-state index contributed by atoms with van der Waals surface area (Å²) in [5, 5.41) is 6.54. The van der Waals surface area contributed by atoms with Gasteiger partial charge >= 0.3 is 0 Å². The zero-order valence-electron chi connectivity index (χ0n) is 14.2. The molecule has 0 aromatic carbocycles. The SMILES string of the molecule is CS(=O)(=O)N1CCC(C(=O)NCCNC2CCCCCC2)CC1. The maximum atomic E-state index is 12.2. The molecule has 0 bridgehead atoms. The molecule has 1 saturated heterocycles. The first-order valence-corrected chi connectivity index (χ1v) is 10.8. The van der Waals surface area contributed by atoms with Crippen LogP contribution >= 0.6 is 0 Å². The molecule has 23 heavy (non-hydrogen) atoms. The van der Waals surface area contributed by atoms with Gasteiger partial charge in [-0.25, -0.2) is 12.7 Å². The number of nitrogens with zero attached hydrogens (tertiary/aromatic N) is 1. The molecule has 0 aromatic heterocycles. The van der Waals surface area contributed by atoms with Crippen LogP contribution in [0.4, 0.5) is 0 Å². The van der Waals surface area contributed by atoms with Gasteiger partial charge in [0.15, 0.2) is 0 Å². The Bertz CT molecular complexity index is 465. The Labute approximate surface area is 140 Å². The summed E-state index contributed by atoms with van der Waals surface area (Å²) in [6, 6.07) is 0.604. The van der Waals surface area contributed by atoms with Crippen molar-refractivity contribution in [2.45, 2.75) is 57.4 Å². The van der Waals surface area contributed by atoms with Gasteiger partial charge < -0.3 is 10.6 Å². The van der Waals surface area contributed by atoms with E-state index in [2.05, 4.69) is 10.6 Å². The minimum atomic E-state index is -3.12. The number of piperidine rings is 1. The molecule has 1 aliphatic heterocycles. The van der Waals surface area contributed by atoms with Crippen molar-refractivity contribution in [3.63, 3.8) is 0 Å². The number of hydrogen-bond donors (Lipinski definition) is 2. The van der Waals surface area contributed by atoms with Crippen molar-refractivity contribution in [1.82, 2.24) is 14.9 Å². The topological polar surface area (TPSA) is 78.5 Å². The fourth-order valence-corrected chi connectivity index (χ4v) is 4.41. The van der Waals surface area contributed by atoms with E-state index >= 15 is 0 Å². The molecule has 0 atom stereocenters. The van der Waals surface area contributed by atoms with Gasteiger partial charge in [-0.1, -0.05) is 25.7 Å². The Hall–Kier alpha value is -0.660. The first kappa shape index (κ1) is 18.7. The molecule has 0 radical (unpaired) electrons. The van der Waals surface area contributed by atoms with Gasteiger partial charge in [-0.05, 0) is 25.7 Å². The summed E-state index contributed by atoms with van der Waals surface area (Å²) in [5.74, 6) is 0.0201. The van der Waals surface area contributed by atoms with E-state index in [9.17, 15) is 13.2 Å². The molecule has 6 nitrogen and oxygen atoms in total. The molecular formula is C16H31N3O3S. The average Bonchev–Trinajstić information content (AvgIpc) is 2.79. The highest BCUT2D eigenvalue weighted by atomic mass is 32.2.